The first-order chi connectivity index (χ1) is 15.9. The lowest BCUT2D eigenvalue weighted by Gasteiger charge is -2.37. The Morgan fingerprint density at radius 1 is 1.33 bits per heavy atom. The number of nitriles is 1. The molecule has 3 aromatic rings. The van der Waals surface area contributed by atoms with Gasteiger partial charge in [-0.05, 0) is 25.5 Å². The molecule has 0 bridgehead atoms. The van der Waals surface area contributed by atoms with E-state index in [-0.39, 0.29) is 12.0 Å². The molecule has 0 saturated carbocycles. The van der Waals surface area contributed by atoms with Crippen molar-refractivity contribution >= 4 is 23.4 Å². The van der Waals surface area contributed by atoms with Crippen molar-refractivity contribution < 1.29 is 9.53 Å². The number of aryl methyl sites for hydroxylation is 1. The van der Waals surface area contributed by atoms with Crippen LogP contribution in [0.4, 0.5) is 17.5 Å². The van der Waals surface area contributed by atoms with E-state index in [1.807, 2.05) is 50.2 Å². The molecule has 10 heteroatoms. The molecule has 3 heterocycles. The van der Waals surface area contributed by atoms with E-state index in [9.17, 15) is 10.1 Å². The number of anilines is 3. The van der Waals surface area contributed by atoms with Crippen molar-refractivity contribution in [1.82, 2.24) is 19.7 Å². The SMILES string of the molecule is COC(C)C1C(=O)Nc2c(C)nc(NCc3cnn(Cc4ccccc4C#N)c3)nc2N1C. The monoisotopic (exact) mass is 446 g/mol. The van der Waals surface area contributed by atoms with E-state index in [1.54, 1.807) is 24.1 Å². The molecule has 0 spiro atoms. The van der Waals surface area contributed by atoms with Gasteiger partial charge in [-0.1, -0.05) is 18.2 Å². The van der Waals surface area contributed by atoms with E-state index in [4.69, 9.17) is 4.74 Å². The second-order valence-corrected chi connectivity index (χ2v) is 7.99. The number of hydrogen-bond donors (Lipinski definition) is 2. The number of fused-ring (bicyclic) bond motifs is 1. The Morgan fingerprint density at radius 2 is 2.12 bits per heavy atom. The topological polar surface area (TPSA) is 121 Å². The average Bonchev–Trinajstić information content (AvgIpc) is 3.26. The summed E-state index contributed by atoms with van der Waals surface area (Å²) in [5.41, 5.74) is 3.80. The first-order valence-electron chi connectivity index (χ1n) is 10.6. The Balaban J connectivity index is 1.48. The lowest BCUT2D eigenvalue weighted by atomic mass is 10.1. The number of nitrogens with zero attached hydrogens (tertiary/aromatic N) is 6. The van der Waals surface area contributed by atoms with Gasteiger partial charge in [0.2, 0.25) is 11.9 Å². The Morgan fingerprint density at radius 3 is 2.88 bits per heavy atom. The van der Waals surface area contributed by atoms with E-state index < -0.39 is 6.04 Å². The third-order valence-electron chi connectivity index (χ3n) is 5.76. The number of carbonyl (C=O) groups excluding carboxylic acids is 1. The maximum Gasteiger partial charge on any atom is 0.249 e. The van der Waals surface area contributed by atoms with Gasteiger partial charge in [-0.2, -0.15) is 15.3 Å². The zero-order valence-corrected chi connectivity index (χ0v) is 19.0. The summed E-state index contributed by atoms with van der Waals surface area (Å²) >= 11 is 0. The molecule has 4 rings (SSSR count). The molecule has 2 unspecified atom stereocenters. The van der Waals surface area contributed by atoms with Crippen molar-refractivity contribution in [2.45, 2.75) is 39.1 Å². The van der Waals surface area contributed by atoms with Crippen LogP contribution in [0.3, 0.4) is 0 Å². The fraction of sp³-hybridized carbons (Fsp3) is 0.348. The van der Waals surface area contributed by atoms with Gasteiger partial charge in [-0.3, -0.25) is 9.48 Å². The minimum absolute atomic E-state index is 0.142. The van der Waals surface area contributed by atoms with E-state index in [2.05, 4.69) is 31.8 Å². The third kappa shape index (κ3) is 4.49. The predicted molar refractivity (Wildman–Crippen MR) is 124 cm³/mol. The highest BCUT2D eigenvalue weighted by atomic mass is 16.5. The van der Waals surface area contributed by atoms with Gasteiger partial charge < -0.3 is 20.3 Å². The van der Waals surface area contributed by atoms with E-state index in [0.29, 0.717) is 41.8 Å². The van der Waals surface area contributed by atoms with Crippen molar-refractivity contribution in [1.29, 1.82) is 5.26 Å². The number of benzene rings is 1. The Hall–Kier alpha value is -3.97. The number of ether oxygens (including phenoxy) is 1. The van der Waals surface area contributed by atoms with Gasteiger partial charge in [-0.15, -0.1) is 0 Å². The summed E-state index contributed by atoms with van der Waals surface area (Å²) in [6.45, 7) is 4.68. The number of likely N-dealkylation sites (N-methyl/N-ethyl adjacent to an activating group) is 1. The zero-order chi connectivity index (χ0) is 23.5. The molecule has 0 radical (unpaired) electrons. The van der Waals surface area contributed by atoms with E-state index in [0.717, 1.165) is 11.1 Å². The summed E-state index contributed by atoms with van der Waals surface area (Å²) in [6.07, 6.45) is 3.40. The highest BCUT2D eigenvalue weighted by Crippen LogP contribution is 2.33. The number of hydrogen-bond acceptors (Lipinski definition) is 8. The number of amides is 1. The molecule has 0 aliphatic carbocycles. The lowest BCUT2D eigenvalue weighted by Crippen LogP contribution is -2.53. The molecular formula is C23H26N8O2. The van der Waals surface area contributed by atoms with Crippen molar-refractivity contribution in [3.05, 3.63) is 59.0 Å². The summed E-state index contributed by atoms with van der Waals surface area (Å²) in [5.74, 6) is 0.958. The van der Waals surface area contributed by atoms with Crippen LogP contribution in [-0.2, 0) is 22.6 Å². The number of rotatable bonds is 7. The lowest BCUT2D eigenvalue weighted by molar-refractivity contribution is -0.120. The van der Waals surface area contributed by atoms with Crippen LogP contribution in [0.15, 0.2) is 36.7 Å². The van der Waals surface area contributed by atoms with Crippen molar-refractivity contribution in [3.8, 4) is 6.07 Å². The second-order valence-electron chi connectivity index (χ2n) is 7.99. The number of methoxy groups -OCH3 is 1. The maximum atomic E-state index is 12.6. The molecule has 33 heavy (non-hydrogen) atoms. The van der Waals surface area contributed by atoms with Gasteiger partial charge in [0.25, 0.3) is 0 Å². The van der Waals surface area contributed by atoms with Crippen LogP contribution in [0.1, 0.15) is 29.3 Å². The zero-order valence-electron chi connectivity index (χ0n) is 19.0. The molecular weight excluding hydrogens is 420 g/mol. The third-order valence-corrected chi connectivity index (χ3v) is 5.76. The minimum atomic E-state index is -0.487. The van der Waals surface area contributed by atoms with Crippen LogP contribution < -0.4 is 15.5 Å². The quantitative estimate of drug-likeness (QED) is 0.567. The molecule has 2 aromatic heterocycles. The Kier molecular flexibility index (Phi) is 6.24. The molecule has 0 saturated heterocycles. The van der Waals surface area contributed by atoms with Crippen molar-refractivity contribution in [3.63, 3.8) is 0 Å². The molecule has 0 fully saturated rings. The molecule has 1 aromatic carbocycles. The molecule has 10 nitrogen and oxygen atoms in total. The van der Waals surface area contributed by atoms with E-state index >= 15 is 0 Å². The molecule has 2 N–H and O–H groups in total. The molecule has 1 aliphatic heterocycles. The Bertz CT molecular complexity index is 1220. The standard InChI is InChI=1S/C23H26N8O2/c1-14-19-21(30(3)20(15(2)33-4)22(32)28-19)29-23(27-14)25-10-16-11-26-31(12-16)13-18-8-6-5-7-17(18)9-24/h5-8,11-12,15,20H,10,13H2,1-4H3,(H,28,32)(H,25,27,29). The van der Waals surface area contributed by atoms with Crippen LogP contribution in [0, 0.1) is 18.3 Å². The first kappa shape index (κ1) is 22.2. The van der Waals surface area contributed by atoms with Crippen LogP contribution in [-0.4, -0.2) is 52.0 Å². The summed E-state index contributed by atoms with van der Waals surface area (Å²) in [4.78, 5) is 23.5. The van der Waals surface area contributed by atoms with Crippen molar-refractivity contribution in [2.75, 3.05) is 29.7 Å². The van der Waals surface area contributed by atoms with Gasteiger partial charge in [0.15, 0.2) is 5.82 Å². The van der Waals surface area contributed by atoms with Crippen LogP contribution >= 0.6 is 0 Å². The number of carbonyl (C=O) groups is 1. The second kappa shape index (κ2) is 9.26. The largest absolute Gasteiger partial charge is 0.379 e. The minimum Gasteiger partial charge on any atom is -0.379 e. The summed E-state index contributed by atoms with van der Waals surface area (Å²) < 4.78 is 7.18. The summed E-state index contributed by atoms with van der Waals surface area (Å²) in [6, 6.07) is 9.21. The van der Waals surface area contributed by atoms with Gasteiger partial charge in [-0.25, -0.2) is 4.98 Å². The van der Waals surface area contributed by atoms with Crippen LogP contribution in [0.2, 0.25) is 0 Å². The Labute approximate surface area is 192 Å². The number of aromatic nitrogens is 4. The summed E-state index contributed by atoms with van der Waals surface area (Å²) in [7, 11) is 3.41. The highest BCUT2D eigenvalue weighted by molar-refractivity contribution is 6.03. The van der Waals surface area contributed by atoms with Crippen molar-refractivity contribution in [2.24, 2.45) is 0 Å². The van der Waals surface area contributed by atoms with Crippen LogP contribution in [0.5, 0.6) is 0 Å². The van der Waals surface area contributed by atoms with E-state index in [1.165, 1.54) is 0 Å². The molecule has 1 aliphatic rings. The first-order valence-corrected chi connectivity index (χ1v) is 10.6. The van der Waals surface area contributed by atoms with Gasteiger partial charge in [0.1, 0.15) is 11.7 Å². The van der Waals surface area contributed by atoms with Gasteiger partial charge in [0.05, 0.1) is 36.2 Å². The summed E-state index contributed by atoms with van der Waals surface area (Å²) in [5, 5.41) is 19.8. The molecule has 2 atom stereocenters. The fourth-order valence-corrected chi connectivity index (χ4v) is 3.91. The fourth-order valence-electron chi connectivity index (χ4n) is 3.91. The normalized spacial score (nSPS) is 16.0. The van der Waals surface area contributed by atoms with Gasteiger partial charge >= 0.3 is 0 Å². The maximum absolute atomic E-state index is 12.6. The highest BCUT2D eigenvalue weighted by Gasteiger charge is 2.37. The predicted octanol–water partition coefficient (Wildman–Crippen LogP) is 2.31. The smallest absolute Gasteiger partial charge is 0.249 e. The molecule has 170 valence electrons. The number of nitrogens with one attached hydrogen (secondary N) is 2. The van der Waals surface area contributed by atoms with Gasteiger partial charge in [0, 0.05) is 32.5 Å². The van der Waals surface area contributed by atoms with Crippen LogP contribution in [0.25, 0.3) is 0 Å². The molecule has 1 amide bonds. The average molecular weight is 447 g/mol.